The van der Waals surface area contributed by atoms with E-state index in [1.165, 1.54) is 41.9 Å². The molecule has 0 N–H and O–H groups in total. The first kappa shape index (κ1) is 20.2. The van der Waals surface area contributed by atoms with E-state index in [4.69, 9.17) is 0 Å². The van der Waals surface area contributed by atoms with Gasteiger partial charge in [0, 0.05) is 22.0 Å². The van der Waals surface area contributed by atoms with Crippen LogP contribution in [0.25, 0.3) is 21.3 Å². The van der Waals surface area contributed by atoms with Gasteiger partial charge in [0.1, 0.15) is 0 Å². The zero-order valence-electron chi connectivity index (χ0n) is 15.4. The lowest BCUT2D eigenvalue weighted by Crippen LogP contribution is -2.11. The topological polar surface area (TPSA) is 62.9 Å². The predicted molar refractivity (Wildman–Crippen MR) is 109 cm³/mol. The summed E-state index contributed by atoms with van der Waals surface area (Å²) in [6.45, 7) is 1.82. The molecule has 0 atom stereocenters. The summed E-state index contributed by atoms with van der Waals surface area (Å²) in [6, 6.07) is 13.4. The maximum Gasteiger partial charge on any atom is 0.417 e. The molecule has 0 amide bonds. The van der Waals surface area contributed by atoms with Gasteiger partial charge in [-0.1, -0.05) is 17.7 Å². The largest absolute Gasteiger partial charge is 0.417 e. The quantitative estimate of drug-likeness (QED) is 0.399. The van der Waals surface area contributed by atoms with E-state index in [0.29, 0.717) is 0 Å². The van der Waals surface area contributed by atoms with Gasteiger partial charge in [-0.15, -0.1) is 11.3 Å². The van der Waals surface area contributed by atoms with E-state index in [1.807, 2.05) is 13.0 Å². The standard InChI is InChI=1S/C21H13F3N2O2S2/c1-13-2-5-15(6-3-13)30(27,28)26-12-17(16-10-14(11-25)4-7-19(16)26)20-18(8-9-29-20)21(22,23)24/h2-10,12H,1H3. The van der Waals surface area contributed by atoms with E-state index >= 15 is 0 Å². The smallest absolute Gasteiger partial charge is 0.240 e. The molecule has 0 bridgehead atoms. The van der Waals surface area contributed by atoms with Gasteiger partial charge in [-0.25, -0.2) is 12.4 Å². The number of alkyl halides is 3. The third-order valence-electron chi connectivity index (χ3n) is 4.69. The summed E-state index contributed by atoms with van der Waals surface area (Å²) in [4.78, 5) is -0.0800. The number of aromatic nitrogens is 1. The lowest BCUT2D eigenvalue weighted by atomic mass is 10.1. The van der Waals surface area contributed by atoms with Gasteiger partial charge in [-0.2, -0.15) is 18.4 Å². The molecule has 0 fully saturated rings. The monoisotopic (exact) mass is 446 g/mol. The fourth-order valence-electron chi connectivity index (χ4n) is 3.21. The van der Waals surface area contributed by atoms with Crippen LogP contribution in [-0.2, 0) is 16.2 Å². The SMILES string of the molecule is Cc1ccc(S(=O)(=O)n2cc(-c3sccc3C(F)(F)F)c3cc(C#N)ccc32)cc1. The zero-order chi connectivity index (χ0) is 21.7. The van der Waals surface area contributed by atoms with Crippen molar-refractivity contribution in [3.8, 4) is 16.5 Å². The molecule has 4 nitrogen and oxygen atoms in total. The fraction of sp³-hybridized carbons (Fsp3) is 0.0952. The summed E-state index contributed by atoms with van der Waals surface area (Å²) in [7, 11) is -4.06. The summed E-state index contributed by atoms with van der Waals surface area (Å²) >= 11 is 0.868. The van der Waals surface area contributed by atoms with Crippen LogP contribution in [0.3, 0.4) is 0 Å². The first-order valence-corrected chi connectivity index (χ1v) is 11.0. The van der Waals surface area contributed by atoms with Crippen LogP contribution in [0.15, 0.2) is 65.0 Å². The Morgan fingerprint density at radius 3 is 2.40 bits per heavy atom. The molecule has 0 aliphatic carbocycles. The van der Waals surface area contributed by atoms with Gasteiger partial charge < -0.3 is 0 Å². The highest BCUT2D eigenvalue weighted by Crippen LogP contribution is 2.44. The molecular weight excluding hydrogens is 433 g/mol. The minimum Gasteiger partial charge on any atom is -0.240 e. The van der Waals surface area contributed by atoms with Gasteiger partial charge in [0.25, 0.3) is 10.0 Å². The predicted octanol–water partition coefficient (Wildman–Crippen LogP) is 5.81. The molecule has 2 aromatic heterocycles. The average Bonchev–Trinajstić information content (AvgIpc) is 3.32. The molecule has 4 rings (SSSR count). The van der Waals surface area contributed by atoms with Gasteiger partial charge in [-0.05, 0) is 48.7 Å². The number of hydrogen-bond acceptors (Lipinski definition) is 4. The summed E-state index contributed by atoms with van der Waals surface area (Å²) in [5.74, 6) is 0. The van der Waals surface area contributed by atoms with Crippen LogP contribution in [0.5, 0.6) is 0 Å². The van der Waals surface area contributed by atoms with Gasteiger partial charge in [0.05, 0.1) is 27.6 Å². The van der Waals surface area contributed by atoms with Crippen molar-refractivity contribution in [1.29, 1.82) is 5.26 Å². The number of hydrogen-bond donors (Lipinski definition) is 0. The molecule has 0 saturated carbocycles. The Hall–Kier alpha value is -3.09. The minimum atomic E-state index is -4.59. The highest BCUT2D eigenvalue weighted by molar-refractivity contribution is 7.90. The van der Waals surface area contributed by atoms with Crippen molar-refractivity contribution in [2.45, 2.75) is 18.0 Å². The molecule has 152 valence electrons. The number of rotatable bonds is 3. The maximum absolute atomic E-state index is 13.5. The van der Waals surface area contributed by atoms with E-state index < -0.39 is 21.8 Å². The van der Waals surface area contributed by atoms with E-state index in [0.717, 1.165) is 26.9 Å². The number of aryl methyl sites for hydroxylation is 1. The minimum absolute atomic E-state index is 0.0168. The maximum atomic E-state index is 13.5. The number of fused-ring (bicyclic) bond motifs is 1. The third-order valence-corrected chi connectivity index (χ3v) is 7.33. The van der Waals surface area contributed by atoms with Crippen LogP contribution in [0.4, 0.5) is 13.2 Å². The number of halogens is 3. The van der Waals surface area contributed by atoms with E-state index in [2.05, 4.69) is 0 Å². The molecule has 2 aromatic carbocycles. The van der Waals surface area contributed by atoms with Crippen molar-refractivity contribution in [2.75, 3.05) is 0 Å². The molecule has 0 unspecified atom stereocenters. The van der Waals surface area contributed by atoms with E-state index in [9.17, 15) is 26.9 Å². The molecule has 0 aliphatic heterocycles. The highest BCUT2D eigenvalue weighted by atomic mass is 32.2. The number of nitriles is 1. The Kier molecular flexibility index (Phi) is 4.71. The molecule has 30 heavy (non-hydrogen) atoms. The molecule has 0 radical (unpaired) electrons. The Bertz CT molecular complexity index is 1410. The van der Waals surface area contributed by atoms with Crippen LogP contribution in [0, 0.1) is 18.3 Å². The lowest BCUT2D eigenvalue weighted by Gasteiger charge is -2.08. The molecule has 4 aromatic rings. The highest BCUT2D eigenvalue weighted by Gasteiger charge is 2.35. The summed E-state index contributed by atoms with van der Waals surface area (Å²) < 4.78 is 67.9. The van der Waals surface area contributed by atoms with Crippen molar-refractivity contribution >= 4 is 32.3 Å². The fourth-order valence-corrected chi connectivity index (χ4v) is 5.52. The van der Waals surface area contributed by atoms with Gasteiger partial charge >= 0.3 is 6.18 Å². The van der Waals surface area contributed by atoms with Crippen LogP contribution in [0.2, 0.25) is 0 Å². The second-order valence-corrected chi connectivity index (χ2v) is 9.39. The zero-order valence-corrected chi connectivity index (χ0v) is 17.1. The van der Waals surface area contributed by atoms with E-state index in [1.54, 1.807) is 12.1 Å². The van der Waals surface area contributed by atoms with Crippen molar-refractivity contribution in [3.63, 3.8) is 0 Å². The van der Waals surface area contributed by atoms with Crippen molar-refractivity contribution in [3.05, 3.63) is 76.8 Å². The first-order chi connectivity index (χ1) is 14.1. The normalized spacial score (nSPS) is 12.2. The molecule has 0 spiro atoms. The second kappa shape index (κ2) is 7.00. The Morgan fingerprint density at radius 2 is 1.77 bits per heavy atom. The van der Waals surface area contributed by atoms with Crippen molar-refractivity contribution in [2.24, 2.45) is 0 Å². The second-order valence-electron chi connectivity index (χ2n) is 6.66. The summed E-state index contributed by atoms with van der Waals surface area (Å²) in [5.41, 5.74) is 0.561. The van der Waals surface area contributed by atoms with Gasteiger partial charge in [0.2, 0.25) is 0 Å². The van der Waals surface area contributed by atoms with Crippen LogP contribution in [0.1, 0.15) is 16.7 Å². The number of benzene rings is 2. The Balaban J connectivity index is 2.04. The Labute approximate surface area is 174 Å². The van der Waals surface area contributed by atoms with Gasteiger partial charge in [0.15, 0.2) is 0 Å². The molecule has 2 heterocycles. The summed E-state index contributed by atoms with van der Waals surface area (Å²) in [5, 5.41) is 10.8. The molecule has 0 aliphatic rings. The first-order valence-electron chi connectivity index (χ1n) is 8.65. The third kappa shape index (κ3) is 3.28. The molecule has 0 saturated heterocycles. The molecular formula is C21H13F3N2O2S2. The number of nitrogens with zero attached hydrogens (tertiary/aromatic N) is 2. The van der Waals surface area contributed by atoms with Crippen LogP contribution in [-0.4, -0.2) is 12.4 Å². The summed E-state index contributed by atoms with van der Waals surface area (Å²) in [6.07, 6.45) is -3.39. The lowest BCUT2D eigenvalue weighted by molar-refractivity contribution is -0.136. The molecule has 9 heteroatoms. The van der Waals surface area contributed by atoms with Crippen molar-refractivity contribution in [1.82, 2.24) is 3.97 Å². The van der Waals surface area contributed by atoms with E-state index in [-0.39, 0.29) is 31.8 Å². The van der Waals surface area contributed by atoms with Gasteiger partial charge in [-0.3, -0.25) is 0 Å². The van der Waals surface area contributed by atoms with Crippen LogP contribution < -0.4 is 0 Å². The van der Waals surface area contributed by atoms with Crippen molar-refractivity contribution < 1.29 is 21.6 Å². The van der Waals surface area contributed by atoms with Crippen LogP contribution >= 0.6 is 11.3 Å². The average molecular weight is 446 g/mol. The Morgan fingerprint density at radius 1 is 1.07 bits per heavy atom. The number of thiophene rings is 1.